The first-order valence-corrected chi connectivity index (χ1v) is 6.09. The zero-order valence-electron chi connectivity index (χ0n) is 9.46. The molecule has 3 heteroatoms. The molecule has 1 nitrogen and oxygen atoms in total. The van der Waals surface area contributed by atoms with Gasteiger partial charge in [-0.2, -0.15) is 0 Å². The maximum atomic E-state index is 13.1. The van der Waals surface area contributed by atoms with E-state index in [0.29, 0.717) is 30.5 Å². The molecule has 1 aromatic rings. The molecule has 2 atom stereocenters. The van der Waals surface area contributed by atoms with Crippen LogP contribution in [0.15, 0.2) is 18.2 Å². The van der Waals surface area contributed by atoms with E-state index in [1.807, 2.05) is 0 Å². The van der Waals surface area contributed by atoms with Crippen molar-refractivity contribution in [3.63, 3.8) is 0 Å². The van der Waals surface area contributed by atoms with Crippen LogP contribution in [-0.4, -0.2) is 5.78 Å². The third-order valence-corrected chi connectivity index (χ3v) is 4.18. The van der Waals surface area contributed by atoms with E-state index >= 15 is 0 Å². The molecule has 2 unspecified atom stereocenters. The Morgan fingerprint density at radius 1 is 0.941 bits per heavy atom. The van der Waals surface area contributed by atoms with Crippen LogP contribution in [0, 0.1) is 23.5 Å². The number of Topliss-reactive ketones (excluding diaryl/α,β-unsaturated/α-hetero) is 1. The van der Waals surface area contributed by atoms with Crippen molar-refractivity contribution in [3.05, 3.63) is 35.4 Å². The predicted molar refractivity (Wildman–Crippen MR) is 59.6 cm³/mol. The normalized spacial score (nSPS) is 31.9. The van der Waals surface area contributed by atoms with Crippen LogP contribution in [0.3, 0.4) is 0 Å². The molecule has 1 aromatic carbocycles. The quantitative estimate of drug-likeness (QED) is 0.730. The molecule has 0 spiro atoms. The third kappa shape index (κ3) is 1.99. The van der Waals surface area contributed by atoms with Gasteiger partial charge in [0.25, 0.3) is 0 Å². The van der Waals surface area contributed by atoms with Gasteiger partial charge in [-0.05, 0) is 48.3 Å². The zero-order chi connectivity index (χ0) is 12.0. The van der Waals surface area contributed by atoms with E-state index in [9.17, 15) is 13.6 Å². The number of carbonyl (C=O) groups excluding carboxylic acids is 1. The molecular weight excluding hydrogens is 222 g/mol. The van der Waals surface area contributed by atoms with Crippen molar-refractivity contribution in [2.75, 3.05) is 0 Å². The van der Waals surface area contributed by atoms with Gasteiger partial charge in [0.05, 0.1) is 0 Å². The maximum absolute atomic E-state index is 13.1. The molecule has 0 radical (unpaired) electrons. The van der Waals surface area contributed by atoms with E-state index in [1.54, 1.807) is 0 Å². The van der Waals surface area contributed by atoms with E-state index in [0.717, 1.165) is 24.5 Å². The third-order valence-electron chi connectivity index (χ3n) is 4.18. The van der Waals surface area contributed by atoms with Crippen LogP contribution in [0.5, 0.6) is 0 Å². The van der Waals surface area contributed by atoms with E-state index in [2.05, 4.69) is 0 Å². The smallest absolute Gasteiger partial charge is 0.133 e. The second kappa shape index (κ2) is 3.90. The fraction of sp³-hybridized carbons (Fsp3) is 0.500. The first-order valence-electron chi connectivity index (χ1n) is 6.09. The number of fused-ring (bicyclic) bond motifs is 1. The lowest BCUT2D eigenvalue weighted by Gasteiger charge is -2.11. The number of hydrogen-bond donors (Lipinski definition) is 0. The van der Waals surface area contributed by atoms with Gasteiger partial charge in [-0.15, -0.1) is 0 Å². The Morgan fingerprint density at radius 3 is 2.00 bits per heavy atom. The second-order valence-corrected chi connectivity index (χ2v) is 5.34. The Bertz CT molecular complexity index is 433. The van der Waals surface area contributed by atoms with E-state index in [1.165, 1.54) is 12.1 Å². The van der Waals surface area contributed by atoms with Gasteiger partial charge in [-0.1, -0.05) is 0 Å². The molecule has 0 aromatic heterocycles. The summed E-state index contributed by atoms with van der Waals surface area (Å²) in [6.45, 7) is 0. The van der Waals surface area contributed by atoms with E-state index in [-0.39, 0.29) is 5.92 Å². The topological polar surface area (TPSA) is 17.1 Å². The fourth-order valence-corrected chi connectivity index (χ4v) is 3.46. The molecule has 2 aliphatic carbocycles. The maximum Gasteiger partial charge on any atom is 0.133 e. The average Bonchev–Trinajstić information content (AvgIpc) is 2.72. The summed E-state index contributed by atoms with van der Waals surface area (Å²) in [7, 11) is 0. The molecule has 3 rings (SSSR count). The molecule has 17 heavy (non-hydrogen) atoms. The number of carbonyl (C=O) groups is 1. The highest BCUT2D eigenvalue weighted by molar-refractivity contribution is 5.81. The number of rotatable bonds is 1. The zero-order valence-corrected chi connectivity index (χ0v) is 9.46. The van der Waals surface area contributed by atoms with Gasteiger partial charge in [0.15, 0.2) is 0 Å². The molecule has 2 aliphatic rings. The summed E-state index contributed by atoms with van der Waals surface area (Å²) < 4.78 is 26.3. The summed E-state index contributed by atoms with van der Waals surface area (Å²) >= 11 is 0. The molecular formula is C14H14F2O. The summed E-state index contributed by atoms with van der Waals surface area (Å²) in [6, 6.07) is 3.76. The van der Waals surface area contributed by atoms with Crippen LogP contribution in [0.1, 0.15) is 37.2 Å². The summed E-state index contributed by atoms with van der Waals surface area (Å²) in [6.07, 6.45) is 3.14. The largest absolute Gasteiger partial charge is 0.300 e. The minimum absolute atomic E-state index is 0.225. The Balaban J connectivity index is 1.81. The Morgan fingerprint density at radius 2 is 1.47 bits per heavy atom. The van der Waals surface area contributed by atoms with Gasteiger partial charge >= 0.3 is 0 Å². The number of hydrogen-bond acceptors (Lipinski definition) is 1. The molecule has 0 saturated heterocycles. The van der Waals surface area contributed by atoms with Crippen LogP contribution >= 0.6 is 0 Å². The number of halogens is 2. The van der Waals surface area contributed by atoms with Crippen molar-refractivity contribution < 1.29 is 13.6 Å². The van der Waals surface area contributed by atoms with Gasteiger partial charge < -0.3 is 0 Å². The molecule has 2 fully saturated rings. The van der Waals surface area contributed by atoms with Crippen molar-refractivity contribution in [1.82, 2.24) is 0 Å². The second-order valence-electron chi connectivity index (χ2n) is 5.34. The number of benzene rings is 1. The highest BCUT2D eigenvalue weighted by Gasteiger charge is 2.41. The molecule has 2 saturated carbocycles. The van der Waals surface area contributed by atoms with Crippen LogP contribution in [0.25, 0.3) is 0 Å². The van der Waals surface area contributed by atoms with E-state index < -0.39 is 11.6 Å². The van der Waals surface area contributed by atoms with Gasteiger partial charge in [0.2, 0.25) is 0 Å². The predicted octanol–water partition coefficient (Wildman–Crippen LogP) is 3.44. The van der Waals surface area contributed by atoms with Gasteiger partial charge in [-0.3, -0.25) is 4.79 Å². The number of ketones is 1. The molecule has 90 valence electrons. The van der Waals surface area contributed by atoms with Crippen molar-refractivity contribution in [2.24, 2.45) is 11.8 Å². The SMILES string of the molecule is O=C1CC2CC(c3cc(F)cc(F)c3)CC2C1. The lowest BCUT2D eigenvalue weighted by Crippen LogP contribution is -1.99. The van der Waals surface area contributed by atoms with E-state index in [4.69, 9.17) is 0 Å². The van der Waals surface area contributed by atoms with Gasteiger partial charge in [0, 0.05) is 18.9 Å². The summed E-state index contributed by atoms with van der Waals surface area (Å²) in [5.74, 6) is 0.450. The Kier molecular flexibility index (Phi) is 2.49. The molecule has 0 bridgehead atoms. The summed E-state index contributed by atoms with van der Waals surface area (Å²) in [4.78, 5) is 11.3. The molecule has 0 N–H and O–H groups in total. The highest BCUT2D eigenvalue weighted by Crippen LogP contribution is 2.49. The molecule has 0 amide bonds. The summed E-state index contributed by atoms with van der Waals surface area (Å²) in [5, 5.41) is 0. The minimum Gasteiger partial charge on any atom is -0.300 e. The van der Waals surface area contributed by atoms with Crippen LogP contribution in [-0.2, 0) is 4.79 Å². The van der Waals surface area contributed by atoms with Crippen LogP contribution in [0.4, 0.5) is 8.78 Å². The molecule has 0 aliphatic heterocycles. The van der Waals surface area contributed by atoms with Crippen LogP contribution < -0.4 is 0 Å². The Labute approximate surface area is 98.8 Å². The lowest BCUT2D eigenvalue weighted by molar-refractivity contribution is -0.117. The van der Waals surface area contributed by atoms with Crippen molar-refractivity contribution in [2.45, 2.75) is 31.6 Å². The average molecular weight is 236 g/mol. The molecule has 0 heterocycles. The van der Waals surface area contributed by atoms with Gasteiger partial charge in [-0.25, -0.2) is 8.78 Å². The highest BCUT2D eigenvalue weighted by atomic mass is 19.1. The van der Waals surface area contributed by atoms with Crippen molar-refractivity contribution in [3.8, 4) is 0 Å². The minimum atomic E-state index is -0.506. The standard InChI is InChI=1S/C14H14F2O/c15-12-3-11(4-13(16)7-12)8-1-9-5-14(17)6-10(9)2-8/h3-4,7-10H,1-2,5-6H2. The lowest BCUT2D eigenvalue weighted by atomic mass is 9.94. The monoisotopic (exact) mass is 236 g/mol. The van der Waals surface area contributed by atoms with Crippen LogP contribution in [0.2, 0.25) is 0 Å². The first-order chi connectivity index (χ1) is 8.11. The Hall–Kier alpha value is -1.25. The summed E-state index contributed by atoms with van der Waals surface area (Å²) in [5.41, 5.74) is 0.754. The first kappa shape index (κ1) is 10.9. The fourth-order valence-electron chi connectivity index (χ4n) is 3.46. The van der Waals surface area contributed by atoms with Gasteiger partial charge in [0.1, 0.15) is 17.4 Å². The van der Waals surface area contributed by atoms with Crippen molar-refractivity contribution in [1.29, 1.82) is 0 Å². The van der Waals surface area contributed by atoms with Crippen molar-refractivity contribution >= 4 is 5.78 Å².